The van der Waals surface area contributed by atoms with Crippen LogP contribution in [-0.2, 0) is 14.3 Å². The molecule has 9 nitrogen and oxygen atoms in total. The van der Waals surface area contributed by atoms with Gasteiger partial charge in [0.05, 0.1) is 24.1 Å². The van der Waals surface area contributed by atoms with Crippen molar-refractivity contribution in [2.75, 3.05) is 19.0 Å². The van der Waals surface area contributed by atoms with Gasteiger partial charge in [-0.15, -0.1) is 16.4 Å². The predicted octanol–water partition coefficient (Wildman–Crippen LogP) is 2.84. The third kappa shape index (κ3) is 4.38. The predicted molar refractivity (Wildman–Crippen MR) is 110 cm³/mol. The summed E-state index contributed by atoms with van der Waals surface area (Å²) in [4.78, 5) is 38.8. The van der Waals surface area contributed by atoms with E-state index < -0.39 is 24.5 Å². The van der Waals surface area contributed by atoms with E-state index in [0.717, 1.165) is 10.4 Å². The number of anilines is 1. The summed E-state index contributed by atoms with van der Waals surface area (Å²) in [6.07, 6.45) is 0. The smallest absolute Gasteiger partial charge is 0.361 e. The van der Waals surface area contributed by atoms with E-state index in [1.54, 1.807) is 26.0 Å². The van der Waals surface area contributed by atoms with Crippen molar-refractivity contribution in [1.29, 1.82) is 0 Å². The van der Waals surface area contributed by atoms with Crippen LogP contribution in [0.25, 0.3) is 5.69 Å². The molecule has 3 rings (SSSR count). The second-order valence-electron chi connectivity index (χ2n) is 6.36. The molecule has 2 aromatic heterocycles. The van der Waals surface area contributed by atoms with Crippen LogP contribution in [0, 0.1) is 20.8 Å². The van der Waals surface area contributed by atoms with Crippen LogP contribution in [0.15, 0.2) is 30.3 Å². The Morgan fingerprint density at radius 3 is 2.43 bits per heavy atom. The van der Waals surface area contributed by atoms with Gasteiger partial charge in [0, 0.05) is 4.88 Å². The first-order chi connectivity index (χ1) is 14.3. The molecule has 156 valence electrons. The lowest BCUT2D eigenvalue weighted by molar-refractivity contribution is -0.119. The summed E-state index contributed by atoms with van der Waals surface area (Å²) in [5.41, 5.74) is 2.11. The zero-order chi connectivity index (χ0) is 21.8. The van der Waals surface area contributed by atoms with Gasteiger partial charge in [-0.2, -0.15) is 9.90 Å². The average Bonchev–Trinajstić information content (AvgIpc) is 3.26. The fourth-order valence-corrected chi connectivity index (χ4v) is 3.73. The topological polar surface area (TPSA) is 112 Å². The van der Waals surface area contributed by atoms with Crippen molar-refractivity contribution in [1.82, 2.24) is 15.0 Å². The molecule has 0 radical (unpaired) electrons. The van der Waals surface area contributed by atoms with Crippen molar-refractivity contribution in [2.24, 2.45) is 0 Å². The number of aryl methyl sites for hydroxylation is 2. The van der Waals surface area contributed by atoms with Crippen LogP contribution in [0.5, 0.6) is 0 Å². The summed E-state index contributed by atoms with van der Waals surface area (Å²) < 4.78 is 9.85. The molecule has 0 aliphatic heterocycles. The molecule has 0 saturated heterocycles. The maximum Gasteiger partial charge on any atom is 0.361 e. The molecular formula is C20H20N4O5S. The molecule has 0 spiro atoms. The number of amides is 1. The molecular weight excluding hydrogens is 408 g/mol. The average molecular weight is 428 g/mol. The molecule has 1 amide bonds. The highest BCUT2D eigenvalue weighted by Gasteiger charge is 2.23. The molecule has 0 saturated carbocycles. The molecule has 30 heavy (non-hydrogen) atoms. The second kappa shape index (κ2) is 8.87. The van der Waals surface area contributed by atoms with Gasteiger partial charge < -0.3 is 14.8 Å². The van der Waals surface area contributed by atoms with Crippen LogP contribution in [0.1, 0.15) is 37.0 Å². The summed E-state index contributed by atoms with van der Waals surface area (Å²) >= 11 is 1.25. The van der Waals surface area contributed by atoms with E-state index in [4.69, 9.17) is 9.47 Å². The van der Waals surface area contributed by atoms with Gasteiger partial charge in [-0.3, -0.25) is 4.79 Å². The standard InChI is InChI=1S/C20H20N4O5S/c1-11-13(3)30-18(16(11)19(26)28-4)21-15(25)10-29-20(27)17-12(2)22-24(23-17)14-8-6-5-7-9-14/h5-9H,10H2,1-4H3,(H,21,25). The SMILES string of the molecule is COC(=O)c1c(NC(=O)COC(=O)c2nn(-c3ccccc3)nc2C)sc(C)c1C. The van der Waals surface area contributed by atoms with Gasteiger partial charge in [0.1, 0.15) is 5.00 Å². The van der Waals surface area contributed by atoms with Crippen LogP contribution in [0.2, 0.25) is 0 Å². The van der Waals surface area contributed by atoms with Crippen LogP contribution in [0.3, 0.4) is 0 Å². The number of hydrogen-bond donors (Lipinski definition) is 1. The monoisotopic (exact) mass is 428 g/mol. The van der Waals surface area contributed by atoms with E-state index in [1.165, 1.54) is 23.2 Å². The highest BCUT2D eigenvalue weighted by atomic mass is 32.1. The lowest BCUT2D eigenvalue weighted by Gasteiger charge is -2.06. The fraction of sp³-hybridized carbons (Fsp3) is 0.250. The van der Waals surface area contributed by atoms with Gasteiger partial charge in [-0.25, -0.2) is 9.59 Å². The Bertz CT molecular complexity index is 1100. The minimum Gasteiger partial charge on any atom is -0.465 e. The lowest BCUT2D eigenvalue weighted by Crippen LogP contribution is -2.22. The first-order valence-electron chi connectivity index (χ1n) is 8.96. The van der Waals surface area contributed by atoms with E-state index in [2.05, 4.69) is 15.5 Å². The van der Waals surface area contributed by atoms with Gasteiger partial charge in [-0.05, 0) is 38.5 Å². The molecule has 0 atom stereocenters. The highest BCUT2D eigenvalue weighted by Crippen LogP contribution is 2.32. The molecule has 0 bridgehead atoms. The van der Waals surface area contributed by atoms with Gasteiger partial charge in [0.15, 0.2) is 12.3 Å². The van der Waals surface area contributed by atoms with Gasteiger partial charge in [-0.1, -0.05) is 18.2 Å². The Morgan fingerprint density at radius 1 is 1.07 bits per heavy atom. The van der Waals surface area contributed by atoms with Crippen molar-refractivity contribution in [3.05, 3.63) is 57.7 Å². The van der Waals surface area contributed by atoms with Crippen molar-refractivity contribution >= 4 is 34.2 Å². The van der Waals surface area contributed by atoms with E-state index >= 15 is 0 Å². The Labute approximate surface area is 176 Å². The molecule has 0 aliphatic carbocycles. The largest absolute Gasteiger partial charge is 0.465 e. The summed E-state index contributed by atoms with van der Waals surface area (Å²) in [5.74, 6) is -1.89. The van der Waals surface area contributed by atoms with Crippen LogP contribution < -0.4 is 5.32 Å². The van der Waals surface area contributed by atoms with Crippen molar-refractivity contribution < 1.29 is 23.9 Å². The maximum absolute atomic E-state index is 12.4. The third-order valence-corrected chi connectivity index (χ3v) is 5.45. The number of carbonyl (C=O) groups excluding carboxylic acids is 3. The summed E-state index contributed by atoms with van der Waals surface area (Å²) in [5, 5.41) is 11.3. The molecule has 0 fully saturated rings. The zero-order valence-corrected chi connectivity index (χ0v) is 17.7. The quantitative estimate of drug-likeness (QED) is 0.601. The summed E-state index contributed by atoms with van der Waals surface area (Å²) in [6, 6.07) is 9.10. The number of hydrogen-bond acceptors (Lipinski definition) is 8. The number of thiophene rings is 1. The van der Waals surface area contributed by atoms with Crippen molar-refractivity contribution in [3.8, 4) is 5.69 Å². The number of methoxy groups -OCH3 is 1. The number of carbonyl (C=O) groups is 3. The number of para-hydroxylation sites is 1. The van der Waals surface area contributed by atoms with E-state index in [0.29, 0.717) is 21.9 Å². The minimum absolute atomic E-state index is 0.0183. The molecule has 0 aliphatic rings. The van der Waals surface area contributed by atoms with E-state index in [9.17, 15) is 14.4 Å². The Kier molecular flexibility index (Phi) is 6.26. The maximum atomic E-state index is 12.4. The number of benzene rings is 1. The number of ether oxygens (including phenoxy) is 2. The first-order valence-corrected chi connectivity index (χ1v) is 9.78. The second-order valence-corrected chi connectivity index (χ2v) is 7.59. The Balaban J connectivity index is 1.66. The van der Waals surface area contributed by atoms with E-state index in [-0.39, 0.29) is 5.69 Å². The lowest BCUT2D eigenvalue weighted by atomic mass is 10.1. The number of esters is 2. The van der Waals surface area contributed by atoms with Gasteiger partial charge >= 0.3 is 11.9 Å². The highest BCUT2D eigenvalue weighted by molar-refractivity contribution is 7.16. The number of rotatable bonds is 6. The number of nitrogens with zero attached hydrogens (tertiary/aromatic N) is 3. The Hall–Kier alpha value is -3.53. The number of aromatic nitrogens is 3. The summed E-state index contributed by atoms with van der Waals surface area (Å²) in [6.45, 7) is 4.70. The normalized spacial score (nSPS) is 10.5. The first kappa shape index (κ1) is 21.2. The zero-order valence-electron chi connectivity index (χ0n) is 16.9. The molecule has 10 heteroatoms. The number of nitrogens with one attached hydrogen (secondary N) is 1. The van der Waals surface area contributed by atoms with Crippen LogP contribution in [-0.4, -0.2) is 46.6 Å². The van der Waals surface area contributed by atoms with E-state index in [1.807, 2.05) is 25.1 Å². The van der Waals surface area contributed by atoms with Gasteiger partial charge in [0.25, 0.3) is 5.91 Å². The van der Waals surface area contributed by atoms with Crippen LogP contribution >= 0.6 is 11.3 Å². The van der Waals surface area contributed by atoms with Crippen molar-refractivity contribution in [3.63, 3.8) is 0 Å². The fourth-order valence-electron chi connectivity index (χ4n) is 2.67. The molecule has 3 aromatic rings. The molecule has 1 aromatic carbocycles. The Morgan fingerprint density at radius 2 is 1.77 bits per heavy atom. The third-order valence-electron chi connectivity index (χ3n) is 4.32. The van der Waals surface area contributed by atoms with Crippen LogP contribution in [0.4, 0.5) is 5.00 Å². The molecule has 2 heterocycles. The summed E-state index contributed by atoms with van der Waals surface area (Å²) in [7, 11) is 1.27. The van der Waals surface area contributed by atoms with Crippen molar-refractivity contribution in [2.45, 2.75) is 20.8 Å². The molecule has 0 unspecified atom stereocenters. The molecule has 1 N–H and O–H groups in total. The van der Waals surface area contributed by atoms with Gasteiger partial charge in [0.2, 0.25) is 0 Å². The minimum atomic E-state index is -0.767.